The predicted molar refractivity (Wildman–Crippen MR) is 72.0 cm³/mol. The van der Waals surface area contributed by atoms with Crippen molar-refractivity contribution >= 4 is 11.5 Å². The second-order valence-electron chi connectivity index (χ2n) is 4.31. The Balaban J connectivity index is 2.41. The van der Waals surface area contributed by atoms with Gasteiger partial charge >= 0.3 is 0 Å². The van der Waals surface area contributed by atoms with Gasteiger partial charge in [-0.05, 0) is 48.9 Å². The lowest BCUT2D eigenvalue weighted by Crippen LogP contribution is -2.04. The highest BCUT2D eigenvalue weighted by molar-refractivity contribution is 6.09. The lowest BCUT2D eigenvalue weighted by molar-refractivity contribution is 0.103. The molecule has 4 heteroatoms. The summed E-state index contributed by atoms with van der Waals surface area (Å²) in [5, 5.41) is 0. The number of carbonyl (C=O) groups excluding carboxylic acids is 1. The topological polar surface area (TPSA) is 52.3 Å². The molecule has 0 radical (unpaired) electrons. The second kappa shape index (κ2) is 5.10. The molecule has 2 aromatic rings. The molecule has 0 bridgehead atoms. The first kappa shape index (κ1) is 13.1. The molecule has 3 nitrogen and oxygen atoms in total. The van der Waals surface area contributed by atoms with Crippen molar-refractivity contribution in [2.75, 3.05) is 12.8 Å². The molecule has 0 fully saturated rings. The first-order valence-electron chi connectivity index (χ1n) is 5.76. The van der Waals surface area contributed by atoms with E-state index in [1.54, 1.807) is 18.2 Å². The molecule has 0 heterocycles. The Morgan fingerprint density at radius 3 is 2.47 bits per heavy atom. The normalized spacial score (nSPS) is 10.3. The number of anilines is 1. The Hall–Kier alpha value is -2.36. The number of benzene rings is 2. The van der Waals surface area contributed by atoms with Crippen molar-refractivity contribution in [1.29, 1.82) is 0 Å². The number of halogens is 1. The van der Waals surface area contributed by atoms with Gasteiger partial charge in [0.25, 0.3) is 0 Å². The van der Waals surface area contributed by atoms with Crippen LogP contribution in [0.4, 0.5) is 10.1 Å². The van der Waals surface area contributed by atoms with E-state index >= 15 is 0 Å². The summed E-state index contributed by atoms with van der Waals surface area (Å²) in [6.45, 7) is 1.85. The zero-order valence-electron chi connectivity index (χ0n) is 10.7. The molecule has 0 unspecified atom stereocenters. The molecule has 2 rings (SSSR count). The quantitative estimate of drug-likeness (QED) is 0.681. The molecule has 0 aromatic heterocycles. The number of ether oxygens (including phenoxy) is 1. The molecule has 0 aliphatic heterocycles. The number of hydrogen-bond acceptors (Lipinski definition) is 3. The number of carbonyl (C=O) groups is 1. The highest BCUT2D eigenvalue weighted by Gasteiger charge is 2.13. The van der Waals surface area contributed by atoms with E-state index < -0.39 is 5.82 Å². The summed E-state index contributed by atoms with van der Waals surface area (Å²) in [7, 11) is 1.38. The van der Waals surface area contributed by atoms with Crippen LogP contribution in [0.5, 0.6) is 5.75 Å². The molecule has 0 aliphatic carbocycles. The number of methoxy groups -OCH3 is 1. The molecule has 0 amide bonds. The summed E-state index contributed by atoms with van der Waals surface area (Å²) >= 11 is 0. The molecule has 0 aliphatic rings. The fourth-order valence-corrected chi connectivity index (χ4v) is 1.92. The van der Waals surface area contributed by atoms with Crippen molar-refractivity contribution in [3.8, 4) is 5.75 Å². The van der Waals surface area contributed by atoms with E-state index in [9.17, 15) is 9.18 Å². The summed E-state index contributed by atoms with van der Waals surface area (Å²) in [6.07, 6.45) is 0. The monoisotopic (exact) mass is 259 g/mol. The number of aryl methyl sites for hydroxylation is 1. The summed E-state index contributed by atoms with van der Waals surface area (Å²) in [4.78, 5) is 12.2. The maximum atomic E-state index is 13.6. The van der Waals surface area contributed by atoms with Crippen LogP contribution in [0.3, 0.4) is 0 Å². The minimum absolute atomic E-state index is 0.111. The molecule has 0 saturated carbocycles. The Labute approximate surface area is 110 Å². The predicted octanol–water partition coefficient (Wildman–Crippen LogP) is 2.96. The minimum atomic E-state index is -0.561. The smallest absolute Gasteiger partial charge is 0.193 e. The van der Waals surface area contributed by atoms with Gasteiger partial charge in [0.2, 0.25) is 0 Å². The van der Waals surface area contributed by atoms with Gasteiger partial charge in [-0.1, -0.05) is 0 Å². The van der Waals surface area contributed by atoms with Crippen LogP contribution >= 0.6 is 0 Å². The Kier molecular flexibility index (Phi) is 3.51. The molecule has 2 N–H and O–H groups in total. The van der Waals surface area contributed by atoms with Crippen LogP contribution in [-0.4, -0.2) is 12.9 Å². The third kappa shape index (κ3) is 2.73. The molecule has 0 atom stereocenters. The van der Waals surface area contributed by atoms with Crippen molar-refractivity contribution < 1.29 is 13.9 Å². The van der Waals surface area contributed by atoms with E-state index in [4.69, 9.17) is 10.5 Å². The summed E-state index contributed by atoms with van der Waals surface area (Å²) in [6, 6.07) is 9.20. The van der Waals surface area contributed by atoms with E-state index in [-0.39, 0.29) is 17.1 Å². The average molecular weight is 259 g/mol. The molecule has 2 aromatic carbocycles. The van der Waals surface area contributed by atoms with Gasteiger partial charge in [0.15, 0.2) is 17.3 Å². The van der Waals surface area contributed by atoms with Crippen LogP contribution in [0.25, 0.3) is 0 Å². The number of rotatable bonds is 3. The molecular formula is C15H14FNO2. The number of ketones is 1. The van der Waals surface area contributed by atoms with Crippen LogP contribution in [0.15, 0.2) is 36.4 Å². The van der Waals surface area contributed by atoms with Crippen LogP contribution < -0.4 is 10.5 Å². The fraction of sp³-hybridized carbons (Fsp3) is 0.133. The van der Waals surface area contributed by atoms with E-state index in [1.165, 1.54) is 25.3 Å². The second-order valence-corrected chi connectivity index (χ2v) is 4.31. The van der Waals surface area contributed by atoms with Crippen LogP contribution in [0.2, 0.25) is 0 Å². The van der Waals surface area contributed by atoms with E-state index in [1.807, 2.05) is 6.92 Å². The van der Waals surface area contributed by atoms with Gasteiger partial charge in [-0.2, -0.15) is 0 Å². The zero-order chi connectivity index (χ0) is 14.0. The highest BCUT2D eigenvalue weighted by Crippen LogP contribution is 2.21. The average Bonchev–Trinajstić information content (AvgIpc) is 2.36. The van der Waals surface area contributed by atoms with Gasteiger partial charge in [-0.15, -0.1) is 0 Å². The van der Waals surface area contributed by atoms with E-state index in [0.29, 0.717) is 11.3 Å². The molecular weight excluding hydrogens is 245 g/mol. The van der Waals surface area contributed by atoms with Gasteiger partial charge in [-0.25, -0.2) is 4.39 Å². The van der Waals surface area contributed by atoms with E-state index in [0.717, 1.165) is 5.56 Å². The van der Waals surface area contributed by atoms with Gasteiger partial charge < -0.3 is 10.5 Å². The first-order chi connectivity index (χ1) is 9.01. The summed E-state index contributed by atoms with van der Waals surface area (Å²) in [5.74, 6) is -0.716. The first-order valence-corrected chi connectivity index (χ1v) is 5.76. The van der Waals surface area contributed by atoms with E-state index in [2.05, 4.69) is 0 Å². The van der Waals surface area contributed by atoms with Crippen LogP contribution in [0.1, 0.15) is 21.5 Å². The third-order valence-electron chi connectivity index (χ3n) is 2.78. The standard InChI is InChI=1S/C15H14FNO2/c1-9-5-11(7-12(17)6-9)15(18)10-3-4-14(19-2)13(16)8-10/h3-8H,17H2,1-2H3. The Bertz CT molecular complexity index is 618. The highest BCUT2D eigenvalue weighted by atomic mass is 19.1. The SMILES string of the molecule is COc1ccc(C(=O)c2cc(C)cc(N)c2)cc1F. The minimum Gasteiger partial charge on any atom is -0.494 e. The van der Waals surface area contributed by atoms with Gasteiger partial charge in [0, 0.05) is 16.8 Å². The lowest BCUT2D eigenvalue weighted by Gasteiger charge is -2.06. The van der Waals surface area contributed by atoms with Crippen LogP contribution in [-0.2, 0) is 0 Å². The Morgan fingerprint density at radius 1 is 1.16 bits per heavy atom. The maximum absolute atomic E-state index is 13.6. The van der Waals surface area contributed by atoms with Gasteiger partial charge in [0.1, 0.15) is 0 Å². The molecule has 19 heavy (non-hydrogen) atoms. The zero-order valence-corrected chi connectivity index (χ0v) is 10.7. The van der Waals surface area contributed by atoms with Crippen LogP contribution in [0, 0.1) is 12.7 Å². The van der Waals surface area contributed by atoms with Crippen molar-refractivity contribution in [1.82, 2.24) is 0 Å². The van der Waals surface area contributed by atoms with Crippen molar-refractivity contribution in [3.63, 3.8) is 0 Å². The van der Waals surface area contributed by atoms with Gasteiger partial charge in [0.05, 0.1) is 7.11 Å². The van der Waals surface area contributed by atoms with Crippen molar-refractivity contribution in [2.45, 2.75) is 6.92 Å². The number of nitrogens with two attached hydrogens (primary N) is 1. The largest absolute Gasteiger partial charge is 0.494 e. The number of hydrogen-bond donors (Lipinski definition) is 1. The molecule has 98 valence electrons. The summed E-state index contributed by atoms with van der Waals surface area (Å²) < 4.78 is 18.4. The summed E-state index contributed by atoms with van der Waals surface area (Å²) in [5.41, 5.74) is 7.82. The Morgan fingerprint density at radius 2 is 1.89 bits per heavy atom. The number of nitrogen functional groups attached to an aromatic ring is 1. The maximum Gasteiger partial charge on any atom is 0.193 e. The molecule has 0 spiro atoms. The lowest BCUT2D eigenvalue weighted by atomic mass is 10.0. The van der Waals surface area contributed by atoms with Gasteiger partial charge in [-0.3, -0.25) is 4.79 Å². The fourth-order valence-electron chi connectivity index (χ4n) is 1.92. The molecule has 0 saturated heterocycles. The third-order valence-corrected chi connectivity index (χ3v) is 2.78. The van der Waals surface area contributed by atoms with Crippen molar-refractivity contribution in [2.24, 2.45) is 0 Å². The van der Waals surface area contributed by atoms with Crippen molar-refractivity contribution in [3.05, 3.63) is 58.9 Å².